The van der Waals surface area contributed by atoms with Crippen LogP contribution in [0, 0.1) is 0 Å². The molecule has 0 saturated carbocycles. The monoisotopic (exact) mass is 401 g/mol. The molecule has 4 rings (SSSR count). The lowest BCUT2D eigenvalue weighted by molar-refractivity contribution is 0.0357. The number of aromatic carboxylic acids is 1. The van der Waals surface area contributed by atoms with E-state index in [1.807, 2.05) is 60.7 Å². The van der Waals surface area contributed by atoms with Gasteiger partial charge in [0, 0.05) is 0 Å². The van der Waals surface area contributed by atoms with Gasteiger partial charge >= 0.3 is 5.97 Å². The van der Waals surface area contributed by atoms with E-state index in [4.69, 9.17) is 4.74 Å². The molecule has 0 aliphatic carbocycles. The third-order valence-corrected chi connectivity index (χ3v) is 5.06. The fourth-order valence-electron chi connectivity index (χ4n) is 3.62. The number of carbonyl (C=O) groups excluding carboxylic acids is 2. The minimum Gasteiger partial charge on any atom is -0.478 e. The minimum atomic E-state index is -1.24. The number of rotatable bonds is 7. The maximum absolute atomic E-state index is 13.2. The summed E-state index contributed by atoms with van der Waals surface area (Å²) in [6, 6.07) is 22.3. The van der Waals surface area contributed by atoms with Gasteiger partial charge in [-0.2, -0.15) is 0 Å². The van der Waals surface area contributed by atoms with Crippen molar-refractivity contribution in [2.24, 2.45) is 0 Å². The van der Waals surface area contributed by atoms with Crippen LogP contribution in [-0.4, -0.2) is 34.4 Å². The summed E-state index contributed by atoms with van der Waals surface area (Å²) in [7, 11) is 0. The summed E-state index contributed by atoms with van der Waals surface area (Å²) in [5, 5.41) is 9.46. The molecule has 150 valence electrons. The van der Waals surface area contributed by atoms with Gasteiger partial charge in [-0.1, -0.05) is 66.7 Å². The summed E-state index contributed by atoms with van der Waals surface area (Å²) < 4.78 is 5.86. The number of nitrogens with zero attached hydrogens (tertiary/aromatic N) is 1. The highest BCUT2D eigenvalue weighted by atomic mass is 16.5. The predicted molar refractivity (Wildman–Crippen MR) is 109 cm³/mol. The first-order valence-corrected chi connectivity index (χ1v) is 9.48. The zero-order valence-corrected chi connectivity index (χ0v) is 16.0. The van der Waals surface area contributed by atoms with Crippen molar-refractivity contribution in [2.45, 2.75) is 12.6 Å². The minimum absolute atomic E-state index is 0.0704. The second kappa shape index (κ2) is 8.31. The van der Waals surface area contributed by atoms with Crippen LogP contribution in [0.3, 0.4) is 0 Å². The smallest absolute Gasteiger partial charge is 0.336 e. The van der Waals surface area contributed by atoms with E-state index < -0.39 is 23.8 Å². The van der Waals surface area contributed by atoms with Crippen molar-refractivity contribution in [1.82, 2.24) is 4.90 Å². The van der Waals surface area contributed by atoms with Gasteiger partial charge in [0.2, 0.25) is 0 Å². The molecule has 0 radical (unpaired) electrons. The fraction of sp³-hybridized carbons (Fsp3) is 0.125. The number of hydrogen-bond acceptors (Lipinski definition) is 4. The van der Waals surface area contributed by atoms with E-state index in [1.165, 1.54) is 18.2 Å². The number of fused-ring (bicyclic) bond motifs is 1. The van der Waals surface area contributed by atoms with E-state index in [9.17, 15) is 19.5 Å². The van der Waals surface area contributed by atoms with Gasteiger partial charge in [0.15, 0.2) is 0 Å². The average Bonchev–Trinajstić information content (AvgIpc) is 3.03. The molecule has 3 aromatic rings. The van der Waals surface area contributed by atoms with Gasteiger partial charge in [0.25, 0.3) is 11.8 Å². The van der Waals surface area contributed by atoms with Crippen LogP contribution >= 0.6 is 0 Å². The van der Waals surface area contributed by atoms with E-state index in [0.29, 0.717) is 6.61 Å². The van der Waals surface area contributed by atoms with Crippen molar-refractivity contribution in [2.75, 3.05) is 6.61 Å². The Morgan fingerprint density at radius 2 is 1.53 bits per heavy atom. The normalized spacial score (nSPS) is 13.9. The number of carboxylic acids is 1. The second-order valence-corrected chi connectivity index (χ2v) is 6.94. The highest BCUT2D eigenvalue weighted by Crippen LogP contribution is 2.33. The van der Waals surface area contributed by atoms with Crippen LogP contribution in [0.2, 0.25) is 0 Å². The molecule has 0 aromatic heterocycles. The van der Waals surface area contributed by atoms with Crippen LogP contribution in [0.15, 0.2) is 78.9 Å². The largest absolute Gasteiger partial charge is 0.478 e. The second-order valence-electron chi connectivity index (χ2n) is 6.94. The molecule has 1 heterocycles. The molecule has 6 heteroatoms. The number of imide groups is 1. The molecule has 2 amide bonds. The van der Waals surface area contributed by atoms with Gasteiger partial charge < -0.3 is 9.84 Å². The lowest BCUT2D eigenvalue weighted by Gasteiger charge is -2.26. The van der Waals surface area contributed by atoms with E-state index >= 15 is 0 Å². The van der Waals surface area contributed by atoms with Crippen molar-refractivity contribution in [1.29, 1.82) is 0 Å². The van der Waals surface area contributed by atoms with Crippen LogP contribution < -0.4 is 0 Å². The van der Waals surface area contributed by atoms with E-state index in [0.717, 1.165) is 16.0 Å². The lowest BCUT2D eigenvalue weighted by Crippen LogP contribution is -2.36. The quantitative estimate of drug-likeness (QED) is 0.606. The van der Waals surface area contributed by atoms with Crippen molar-refractivity contribution in [3.8, 4) is 0 Å². The topological polar surface area (TPSA) is 83.9 Å². The van der Waals surface area contributed by atoms with Crippen LogP contribution in [-0.2, 0) is 11.3 Å². The van der Waals surface area contributed by atoms with Gasteiger partial charge in [-0.15, -0.1) is 0 Å². The molecule has 0 spiro atoms. The Hall–Kier alpha value is -3.77. The average molecular weight is 401 g/mol. The molecule has 1 atom stereocenters. The summed E-state index contributed by atoms with van der Waals surface area (Å²) >= 11 is 0. The molecule has 30 heavy (non-hydrogen) atoms. The van der Waals surface area contributed by atoms with E-state index in [-0.39, 0.29) is 23.3 Å². The summed E-state index contributed by atoms with van der Waals surface area (Å²) in [6.45, 7) is 0.417. The maximum Gasteiger partial charge on any atom is 0.336 e. The molecule has 3 aromatic carbocycles. The zero-order chi connectivity index (χ0) is 21.1. The molecule has 0 fully saturated rings. The van der Waals surface area contributed by atoms with Crippen molar-refractivity contribution < 1.29 is 24.2 Å². The van der Waals surface area contributed by atoms with Gasteiger partial charge in [0.1, 0.15) is 0 Å². The third kappa shape index (κ3) is 3.60. The van der Waals surface area contributed by atoms with Crippen molar-refractivity contribution >= 4 is 17.8 Å². The van der Waals surface area contributed by atoms with E-state index in [1.54, 1.807) is 0 Å². The number of hydrogen-bond donors (Lipinski definition) is 1. The summed E-state index contributed by atoms with van der Waals surface area (Å²) in [5.74, 6) is -2.38. The van der Waals surface area contributed by atoms with Crippen molar-refractivity contribution in [3.63, 3.8) is 0 Å². The van der Waals surface area contributed by atoms with Crippen LogP contribution in [0.1, 0.15) is 48.2 Å². The Balaban J connectivity index is 1.65. The molecule has 1 aliphatic rings. The first-order chi connectivity index (χ1) is 14.6. The van der Waals surface area contributed by atoms with Gasteiger partial charge in [0.05, 0.1) is 35.9 Å². The number of carboxylic acid groups (broad SMARTS) is 1. The molecular weight excluding hydrogens is 382 g/mol. The molecule has 1 aliphatic heterocycles. The van der Waals surface area contributed by atoms with Gasteiger partial charge in [-0.05, 0) is 23.3 Å². The Morgan fingerprint density at radius 1 is 0.867 bits per heavy atom. The summed E-state index contributed by atoms with van der Waals surface area (Å²) in [6.07, 6.45) is 0. The highest BCUT2D eigenvalue weighted by molar-refractivity contribution is 6.24. The lowest BCUT2D eigenvalue weighted by atomic mass is 10.0. The zero-order valence-electron chi connectivity index (χ0n) is 16.0. The Labute approximate surface area is 173 Å². The molecule has 0 bridgehead atoms. The Bertz CT molecular complexity index is 1100. The standard InChI is InChI=1S/C24H19NO5/c26-22-18-12-7-13-19(24(28)29)21(18)23(27)25(22)20(17-10-5-2-6-11-17)15-30-14-16-8-3-1-4-9-16/h1-13,20H,14-15H2,(H,28,29)/t20-/m1/s1. The van der Waals surface area contributed by atoms with Crippen molar-refractivity contribution in [3.05, 3.63) is 107 Å². The summed E-state index contributed by atoms with van der Waals surface area (Å²) in [4.78, 5) is 38.9. The molecule has 6 nitrogen and oxygen atoms in total. The Kier molecular flexibility index (Phi) is 5.41. The summed E-state index contributed by atoms with van der Waals surface area (Å²) in [5.41, 5.74) is 1.56. The first-order valence-electron chi connectivity index (χ1n) is 9.48. The van der Waals surface area contributed by atoms with Crippen LogP contribution in [0.25, 0.3) is 0 Å². The first kappa shape index (κ1) is 19.5. The van der Waals surface area contributed by atoms with Gasteiger partial charge in [-0.25, -0.2) is 4.79 Å². The molecule has 0 saturated heterocycles. The van der Waals surface area contributed by atoms with Crippen LogP contribution in [0.5, 0.6) is 0 Å². The highest BCUT2D eigenvalue weighted by Gasteiger charge is 2.43. The van der Waals surface area contributed by atoms with Crippen LogP contribution in [0.4, 0.5) is 0 Å². The Morgan fingerprint density at radius 3 is 2.20 bits per heavy atom. The van der Waals surface area contributed by atoms with E-state index in [2.05, 4.69) is 0 Å². The number of ether oxygens (including phenoxy) is 1. The molecule has 1 N–H and O–H groups in total. The fourth-order valence-corrected chi connectivity index (χ4v) is 3.62. The maximum atomic E-state index is 13.2. The predicted octanol–water partition coefficient (Wildman–Crippen LogP) is 3.94. The third-order valence-electron chi connectivity index (χ3n) is 5.06. The number of amides is 2. The molecular formula is C24H19NO5. The van der Waals surface area contributed by atoms with Gasteiger partial charge in [-0.3, -0.25) is 14.5 Å². The number of carbonyl (C=O) groups is 3. The SMILES string of the molecule is O=C(O)c1cccc2c1C(=O)N([C@H](COCc1ccccc1)c1ccccc1)C2=O. The molecule has 0 unspecified atom stereocenters. The number of benzene rings is 3.